The van der Waals surface area contributed by atoms with Gasteiger partial charge < -0.3 is 14.5 Å². The van der Waals surface area contributed by atoms with E-state index in [2.05, 4.69) is 10.2 Å². The maximum atomic E-state index is 12.1. The third-order valence-corrected chi connectivity index (χ3v) is 3.73. The molecular formula is C16H18N4O3. The minimum Gasteiger partial charge on any atom is -0.445 e. The van der Waals surface area contributed by atoms with Gasteiger partial charge in [-0.15, -0.1) is 0 Å². The van der Waals surface area contributed by atoms with E-state index in [0.29, 0.717) is 32.0 Å². The maximum absolute atomic E-state index is 12.1. The summed E-state index contributed by atoms with van der Waals surface area (Å²) in [6.45, 7) is 2.71. The van der Waals surface area contributed by atoms with Gasteiger partial charge in [-0.25, -0.2) is 9.89 Å². The molecule has 1 aromatic heterocycles. The lowest BCUT2D eigenvalue weighted by Gasteiger charge is -2.34. The minimum atomic E-state index is -0.303. The number of hydrogen-bond acceptors (Lipinski definition) is 5. The summed E-state index contributed by atoms with van der Waals surface area (Å²) in [5.74, 6) is 0.710. The van der Waals surface area contributed by atoms with Crippen molar-refractivity contribution in [3.8, 4) is 0 Å². The van der Waals surface area contributed by atoms with E-state index in [4.69, 9.17) is 4.74 Å². The number of H-pyrrole nitrogens is 1. The highest BCUT2D eigenvalue weighted by Crippen LogP contribution is 2.12. The first-order valence-electron chi connectivity index (χ1n) is 7.49. The van der Waals surface area contributed by atoms with E-state index in [0.717, 1.165) is 5.56 Å². The van der Waals surface area contributed by atoms with Crippen LogP contribution in [-0.2, 0) is 11.3 Å². The SMILES string of the molecule is O=C(OCc1ccccc1)N1CCN(c2ccc(=O)[nH]n2)CC1. The molecular weight excluding hydrogens is 296 g/mol. The van der Waals surface area contributed by atoms with Crippen molar-refractivity contribution in [3.05, 3.63) is 58.4 Å². The van der Waals surface area contributed by atoms with Gasteiger partial charge in [-0.05, 0) is 11.6 Å². The Labute approximate surface area is 133 Å². The molecule has 2 aromatic rings. The average molecular weight is 314 g/mol. The van der Waals surface area contributed by atoms with Gasteiger partial charge in [0.2, 0.25) is 0 Å². The van der Waals surface area contributed by atoms with Crippen molar-refractivity contribution in [1.29, 1.82) is 0 Å². The Morgan fingerprint density at radius 2 is 1.83 bits per heavy atom. The van der Waals surface area contributed by atoms with Gasteiger partial charge in [0, 0.05) is 32.2 Å². The maximum Gasteiger partial charge on any atom is 0.410 e. The smallest absolute Gasteiger partial charge is 0.410 e. The van der Waals surface area contributed by atoms with E-state index < -0.39 is 0 Å². The number of amides is 1. The molecule has 3 rings (SSSR count). The van der Waals surface area contributed by atoms with Gasteiger partial charge in [0.1, 0.15) is 12.4 Å². The van der Waals surface area contributed by atoms with Gasteiger partial charge in [-0.2, -0.15) is 5.10 Å². The van der Waals surface area contributed by atoms with E-state index >= 15 is 0 Å². The van der Waals surface area contributed by atoms with Crippen LogP contribution in [0, 0.1) is 0 Å². The molecule has 1 aromatic carbocycles. The second-order valence-electron chi connectivity index (χ2n) is 5.29. The first-order valence-corrected chi connectivity index (χ1v) is 7.49. The summed E-state index contributed by atoms with van der Waals surface area (Å²) in [7, 11) is 0. The van der Waals surface area contributed by atoms with Crippen LogP contribution in [0.15, 0.2) is 47.3 Å². The quantitative estimate of drug-likeness (QED) is 0.922. The summed E-state index contributed by atoms with van der Waals surface area (Å²) in [5.41, 5.74) is 0.744. The lowest BCUT2D eigenvalue weighted by Crippen LogP contribution is -2.49. The standard InChI is InChI=1S/C16H18N4O3/c21-15-7-6-14(17-18-15)19-8-10-20(11-9-19)16(22)23-12-13-4-2-1-3-5-13/h1-7H,8-12H2,(H,18,21). The second kappa shape index (κ2) is 6.95. The highest BCUT2D eigenvalue weighted by Gasteiger charge is 2.22. The Bertz CT molecular complexity index is 688. The van der Waals surface area contributed by atoms with Gasteiger partial charge in [0.25, 0.3) is 5.56 Å². The molecule has 7 heteroatoms. The summed E-state index contributed by atoms with van der Waals surface area (Å²) in [4.78, 5) is 26.8. The van der Waals surface area contributed by atoms with Gasteiger partial charge in [0.05, 0.1) is 0 Å². The molecule has 0 spiro atoms. The molecule has 0 aliphatic carbocycles. The molecule has 1 N–H and O–H groups in total. The number of ether oxygens (including phenoxy) is 1. The Hall–Kier alpha value is -2.83. The largest absolute Gasteiger partial charge is 0.445 e. The number of piperazine rings is 1. The van der Waals surface area contributed by atoms with Crippen LogP contribution in [0.25, 0.3) is 0 Å². The fraction of sp³-hybridized carbons (Fsp3) is 0.312. The van der Waals surface area contributed by atoms with Crippen molar-refractivity contribution >= 4 is 11.9 Å². The minimum absolute atomic E-state index is 0.225. The van der Waals surface area contributed by atoms with Gasteiger partial charge in [-0.1, -0.05) is 30.3 Å². The van der Waals surface area contributed by atoms with Crippen LogP contribution in [0.3, 0.4) is 0 Å². The molecule has 0 saturated carbocycles. The normalized spacial score (nSPS) is 14.6. The third kappa shape index (κ3) is 3.88. The van der Waals surface area contributed by atoms with E-state index in [1.165, 1.54) is 6.07 Å². The third-order valence-electron chi connectivity index (χ3n) is 3.73. The topological polar surface area (TPSA) is 78.5 Å². The van der Waals surface area contributed by atoms with Crippen LogP contribution in [0.1, 0.15) is 5.56 Å². The zero-order valence-electron chi connectivity index (χ0n) is 12.6. The molecule has 1 aliphatic heterocycles. The van der Waals surface area contributed by atoms with Gasteiger partial charge >= 0.3 is 6.09 Å². The molecule has 1 saturated heterocycles. The number of hydrogen-bond donors (Lipinski definition) is 1. The Morgan fingerprint density at radius 1 is 1.09 bits per heavy atom. The number of rotatable bonds is 3. The molecule has 7 nitrogen and oxygen atoms in total. The molecule has 0 bridgehead atoms. The number of anilines is 1. The molecule has 0 radical (unpaired) electrons. The number of nitrogens with one attached hydrogen (secondary N) is 1. The van der Waals surface area contributed by atoms with E-state index in [-0.39, 0.29) is 18.3 Å². The van der Waals surface area contributed by atoms with Crippen molar-refractivity contribution in [2.45, 2.75) is 6.61 Å². The summed E-state index contributed by atoms with van der Waals surface area (Å²) < 4.78 is 5.33. The lowest BCUT2D eigenvalue weighted by molar-refractivity contribution is 0.0941. The van der Waals surface area contributed by atoms with Crippen molar-refractivity contribution < 1.29 is 9.53 Å². The van der Waals surface area contributed by atoms with E-state index in [1.54, 1.807) is 11.0 Å². The predicted octanol–water partition coefficient (Wildman–Crippen LogP) is 1.23. The molecule has 1 fully saturated rings. The molecule has 0 unspecified atom stereocenters. The monoisotopic (exact) mass is 314 g/mol. The summed E-state index contributed by atoms with van der Waals surface area (Å²) >= 11 is 0. The molecule has 2 heterocycles. The van der Waals surface area contributed by atoms with Crippen molar-refractivity contribution in [3.63, 3.8) is 0 Å². The van der Waals surface area contributed by atoms with Gasteiger partial charge in [-0.3, -0.25) is 4.79 Å². The Morgan fingerprint density at radius 3 is 2.48 bits per heavy atom. The number of benzene rings is 1. The first-order chi connectivity index (χ1) is 11.2. The van der Waals surface area contributed by atoms with E-state index in [1.807, 2.05) is 35.2 Å². The van der Waals surface area contributed by atoms with Gasteiger partial charge in [0.15, 0.2) is 0 Å². The number of aromatic nitrogens is 2. The molecule has 1 amide bonds. The predicted molar refractivity (Wildman–Crippen MR) is 85.3 cm³/mol. The molecule has 0 atom stereocenters. The Balaban J connectivity index is 1.49. The van der Waals surface area contributed by atoms with Crippen LogP contribution >= 0.6 is 0 Å². The van der Waals surface area contributed by atoms with Crippen LogP contribution in [0.5, 0.6) is 0 Å². The highest BCUT2D eigenvalue weighted by atomic mass is 16.6. The first kappa shape index (κ1) is 15.1. The van der Waals surface area contributed by atoms with Crippen molar-refractivity contribution in [2.24, 2.45) is 0 Å². The van der Waals surface area contributed by atoms with Crippen LogP contribution in [-0.4, -0.2) is 47.4 Å². The fourth-order valence-electron chi connectivity index (χ4n) is 2.44. The summed E-state index contributed by atoms with van der Waals surface area (Å²) in [6.07, 6.45) is -0.303. The van der Waals surface area contributed by atoms with Crippen LogP contribution < -0.4 is 10.5 Å². The molecule has 23 heavy (non-hydrogen) atoms. The second-order valence-corrected chi connectivity index (χ2v) is 5.29. The fourth-order valence-corrected chi connectivity index (χ4v) is 2.44. The Kier molecular flexibility index (Phi) is 4.56. The average Bonchev–Trinajstić information content (AvgIpc) is 2.61. The summed E-state index contributed by atoms with van der Waals surface area (Å²) in [6, 6.07) is 12.7. The zero-order chi connectivity index (χ0) is 16.1. The number of aromatic amines is 1. The van der Waals surface area contributed by atoms with E-state index in [9.17, 15) is 9.59 Å². The summed E-state index contributed by atoms with van der Waals surface area (Å²) in [5, 5.41) is 6.42. The molecule has 120 valence electrons. The highest BCUT2D eigenvalue weighted by molar-refractivity contribution is 5.68. The number of carbonyl (C=O) groups excluding carboxylic acids is 1. The number of carbonyl (C=O) groups is 1. The molecule has 1 aliphatic rings. The van der Waals surface area contributed by atoms with Crippen molar-refractivity contribution in [1.82, 2.24) is 15.1 Å². The number of nitrogens with zero attached hydrogens (tertiary/aromatic N) is 3. The zero-order valence-corrected chi connectivity index (χ0v) is 12.6. The lowest BCUT2D eigenvalue weighted by atomic mass is 10.2. The van der Waals surface area contributed by atoms with Crippen LogP contribution in [0.2, 0.25) is 0 Å². The van der Waals surface area contributed by atoms with Crippen LogP contribution in [0.4, 0.5) is 10.6 Å². The van der Waals surface area contributed by atoms with Crippen molar-refractivity contribution in [2.75, 3.05) is 31.1 Å².